The van der Waals surface area contributed by atoms with Crippen molar-refractivity contribution in [2.45, 2.75) is 64.6 Å². The molecule has 0 N–H and O–H groups in total. The van der Waals surface area contributed by atoms with E-state index >= 15 is 0 Å². The maximum atomic E-state index is 13.0. The van der Waals surface area contributed by atoms with E-state index in [1.54, 1.807) is 13.8 Å². The third-order valence-corrected chi connectivity index (χ3v) is 8.72. The van der Waals surface area contributed by atoms with Crippen LogP contribution in [0.2, 0.25) is 0 Å². The molecule has 0 radical (unpaired) electrons. The lowest BCUT2D eigenvalue weighted by Gasteiger charge is -2.49. The third-order valence-electron chi connectivity index (χ3n) is 8.72. The second-order valence-electron chi connectivity index (χ2n) is 10.8. The fourth-order valence-electron chi connectivity index (χ4n) is 7.15. The summed E-state index contributed by atoms with van der Waals surface area (Å²) in [7, 11) is 0. The molecular formula is C31H38O6. The first-order chi connectivity index (χ1) is 17.9. The molecule has 1 saturated carbocycles. The highest BCUT2D eigenvalue weighted by atomic mass is 16.6. The van der Waals surface area contributed by atoms with Crippen LogP contribution >= 0.6 is 0 Å². The minimum atomic E-state index is -0.944. The number of esters is 2. The summed E-state index contributed by atoms with van der Waals surface area (Å²) in [6, 6.07) is 16.7. The van der Waals surface area contributed by atoms with Crippen molar-refractivity contribution in [1.82, 2.24) is 0 Å². The van der Waals surface area contributed by atoms with Crippen molar-refractivity contribution in [2.75, 3.05) is 19.8 Å². The second-order valence-corrected chi connectivity index (χ2v) is 10.8. The van der Waals surface area contributed by atoms with E-state index in [2.05, 4.69) is 37.3 Å². The van der Waals surface area contributed by atoms with Crippen LogP contribution in [-0.2, 0) is 36.8 Å². The average molecular weight is 507 g/mol. The van der Waals surface area contributed by atoms with E-state index in [1.165, 1.54) is 11.1 Å². The van der Waals surface area contributed by atoms with Gasteiger partial charge in [-0.2, -0.15) is 0 Å². The Morgan fingerprint density at radius 1 is 1.03 bits per heavy atom. The Bertz CT molecular complexity index is 1100. The molecule has 2 aromatic carbocycles. The molecule has 5 atom stereocenters. The van der Waals surface area contributed by atoms with Crippen LogP contribution in [0.3, 0.4) is 0 Å². The minimum Gasteiger partial charge on any atom is -0.489 e. The van der Waals surface area contributed by atoms with Gasteiger partial charge < -0.3 is 18.9 Å². The predicted octanol–water partition coefficient (Wildman–Crippen LogP) is 5.47. The van der Waals surface area contributed by atoms with E-state index in [-0.39, 0.29) is 30.7 Å². The monoisotopic (exact) mass is 506 g/mol. The van der Waals surface area contributed by atoms with Gasteiger partial charge in [-0.05, 0) is 93.0 Å². The van der Waals surface area contributed by atoms with Crippen molar-refractivity contribution in [3.05, 3.63) is 65.2 Å². The molecule has 3 aliphatic rings. The molecule has 2 fully saturated rings. The van der Waals surface area contributed by atoms with Crippen LogP contribution in [0.5, 0.6) is 5.75 Å². The summed E-state index contributed by atoms with van der Waals surface area (Å²) in [5, 5.41) is 0. The van der Waals surface area contributed by atoms with Gasteiger partial charge in [0, 0.05) is 5.92 Å². The normalized spacial score (nSPS) is 28.1. The summed E-state index contributed by atoms with van der Waals surface area (Å²) in [4.78, 5) is 26.0. The van der Waals surface area contributed by atoms with Crippen molar-refractivity contribution in [2.24, 2.45) is 23.7 Å². The zero-order valence-corrected chi connectivity index (χ0v) is 22.1. The first kappa shape index (κ1) is 25.8. The molecule has 1 heterocycles. The lowest BCUT2D eigenvalue weighted by atomic mass is 9.55. The molecular weight excluding hydrogens is 468 g/mol. The van der Waals surface area contributed by atoms with Crippen LogP contribution in [0.1, 0.15) is 62.6 Å². The van der Waals surface area contributed by atoms with Crippen LogP contribution in [0.15, 0.2) is 48.5 Å². The Morgan fingerprint density at radius 3 is 2.46 bits per heavy atom. The number of carbonyl (C=O) groups excluding carboxylic acids is 2. The van der Waals surface area contributed by atoms with Crippen LogP contribution < -0.4 is 4.74 Å². The van der Waals surface area contributed by atoms with Crippen LogP contribution in [-0.4, -0.2) is 37.4 Å². The van der Waals surface area contributed by atoms with Gasteiger partial charge in [0.1, 0.15) is 12.4 Å². The van der Waals surface area contributed by atoms with E-state index in [4.69, 9.17) is 18.9 Å². The maximum absolute atomic E-state index is 13.0. The van der Waals surface area contributed by atoms with Gasteiger partial charge in [-0.3, -0.25) is 9.59 Å². The fourth-order valence-corrected chi connectivity index (χ4v) is 7.15. The van der Waals surface area contributed by atoms with Crippen molar-refractivity contribution in [3.8, 4) is 5.75 Å². The molecule has 37 heavy (non-hydrogen) atoms. The molecule has 2 aliphatic carbocycles. The summed E-state index contributed by atoms with van der Waals surface area (Å²) in [5.41, 5.74) is 3.52. The molecule has 0 bridgehead atoms. The van der Waals surface area contributed by atoms with Crippen LogP contribution in [0.25, 0.3) is 0 Å². The topological polar surface area (TPSA) is 71.1 Å². The predicted molar refractivity (Wildman–Crippen MR) is 139 cm³/mol. The first-order valence-corrected chi connectivity index (χ1v) is 13.7. The average Bonchev–Trinajstić information content (AvgIpc) is 3.25. The standard InChI is InChI=1S/C31H38O6/c1-4-34-29(32)27(30(33)35-5-2)26-19-37-31(3)16-15-24-23-14-12-22(36-18-20-9-7-6-8-10-20)17-21(23)11-13-25(24)28(26)31/h6-10,12,14,17,24-28H,4-5,11,13,15-16,18-19H2,1-3H3/t24?,25?,26-,28?,31+/m1/s1. The van der Waals surface area contributed by atoms with Gasteiger partial charge in [0.05, 0.1) is 25.4 Å². The van der Waals surface area contributed by atoms with E-state index < -0.39 is 17.9 Å². The van der Waals surface area contributed by atoms with Gasteiger partial charge in [-0.1, -0.05) is 36.4 Å². The van der Waals surface area contributed by atoms with E-state index in [0.717, 1.165) is 37.0 Å². The highest BCUT2D eigenvalue weighted by molar-refractivity contribution is 5.95. The molecule has 2 aromatic rings. The third kappa shape index (κ3) is 5.00. The second kappa shape index (κ2) is 10.9. The molecule has 6 heteroatoms. The molecule has 1 saturated heterocycles. The molecule has 5 rings (SSSR count). The summed E-state index contributed by atoms with van der Waals surface area (Å²) in [6.07, 6.45) is 3.88. The zero-order valence-electron chi connectivity index (χ0n) is 22.1. The largest absolute Gasteiger partial charge is 0.489 e. The van der Waals surface area contributed by atoms with Gasteiger partial charge in [0.2, 0.25) is 0 Å². The van der Waals surface area contributed by atoms with Gasteiger partial charge in [-0.15, -0.1) is 0 Å². The molecule has 1 aliphatic heterocycles. The molecule has 3 unspecified atom stereocenters. The summed E-state index contributed by atoms with van der Waals surface area (Å²) < 4.78 is 23.2. The Morgan fingerprint density at radius 2 is 1.76 bits per heavy atom. The van der Waals surface area contributed by atoms with Crippen molar-refractivity contribution < 1.29 is 28.5 Å². The lowest BCUT2D eigenvalue weighted by molar-refractivity contribution is -0.165. The zero-order chi connectivity index (χ0) is 26.0. The van der Waals surface area contributed by atoms with E-state index in [1.807, 2.05) is 18.2 Å². The Balaban J connectivity index is 1.38. The number of rotatable bonds is 8. The van der Waals surface area contributed by atoms with Gasteiger partial charge in [0.15, 0.2) is 5.92 Å². The Kier molecular flexibility index (Phi) is 7.57. The Hall–Kier alpha value is -2.86. The van der Waals surface area contributed by atoms with Crippen LogP contribution in [0, 0.1) is 23.7 Å². The van der Waals surface area contributed by atoms with Gasteiger partial charge in [-0.25, -0.2) is 0 Å². The van der Waals surface area contributed by atoms with Gasteiger partial charge in [0.25, 0.3) is 0 Å². The number of ether oxygens (including phenoxy) is 4. The number of hydrogen-bond donors (Lipinski definition) is 0. The first-order valence-electron chi connectivity index (χ1n) is 13.7. The molecule has 0 aromatic heterocycles. The summed E-state index contributed by atoms with van der Waals surface area (Å²) >= 11 is 0. The molecule has 0 spiro atoms. The number of benzene rings is 2. The van der Waals surface area contributed by atoms with Crippen LogP contribution in [0.4, 0.5) is 0 Å². The quantitative estimate of drug-likeness (QED) is 0.349. The smallest absolute Gasteiger partial charge is 0.320 e. The highest BCUT2D eigenvalue weighted by Crippen LogP contribution is 2.59. The van der Waals surface area contributed by atoms with Crippen molar-refractivity contribution in [1.29, 1.82) is 0 Å². The van der Waals surface area contributed by atoms with Crippen molar-refractivity contribution >= 4 is 11.9 Å². The van der Waals surface area contributed by atoms with Gasteiger partial charge >= 0.3 is 11.9 Å². The molecule has 0 amide bonds. The number of fused-ring (bicyclic) bond motifs is 5. The molecule has 198 valence electrons. The van der Waals surface area contributed by atoms with Crippen molar-refractivity contribution in [3.63, 3.8) is 0 Å². The highest BCUT2D eigenvalue weighted by Gasteiger charge is 2.59. The molecule has 6 nitrogen and oxygen atoms in total. The lowest BCUT2D eigenvalue weighted by Crippen LogP contribution is -2.49. The number of carbonyl (C=O) groups is 2. The Labute approximate surface area is 219 Å². The van der Waals surface area contributed by atoms with E-state index in [0.29, 0.717) is 25.0 Å². The fraction of sp³-hybridized carbons (Fsp3) is 0.548. The maximum Gasteiger partial charge on any atom is 0.320 e. The number of aryl methyl sites for hydroxylation is 1. The number of hydrogen-bond acceptors (Lipinski definition) is 6. The van der Waals surface area contributed by atoms with E-state index in [9.17, 15) is 9.59 Å². The summed E-state index contributed by atoms with van der Waals surface area (Å²) in [6.45, 7) is 7.10. The SMILES string of the molecule is CCOC(=O)C(C(=O)OCC)[C@H]1CO[C@@]2(C)CCC3c4ccc(OCc5ccccc5)cc4CCC3C12. The minimum absolute atomic E-state index is 0.0900. The summed E-state index contributed by atoms with van der Waals surface area (Å²) in [5.74, 6) is -0.470.